The minimum absolute atomic E-state index is 0.0688. The second kappa shape index (κ2) is 4.45. The number of anilines is 1. The highest BCUT2D eigenvalue weighted by atomic mass is 19.1. The summed E-state index contributed by atoms with van der Waals surface area (Å²) in [5.74, 6) is -0.0126. The van der Waals surface area contributed by atoms with E-state index in [9.17, 15) is 4.39 Å². The molecular formula is C12H8FN5O. The lowest BCUT2D eigenvalue weighted by Gasteiger charge is -1.97. The Kier molecular flexibility index (Phi) is 2.64. The van der Waals surface area contributed by atoms with Gasteiger partial charge in [0.2, 0.25) is 5.82 Å². The maximum absolute atomic E-state index is 13.4. The van der Waals surface area contributed by atoms with Crippen LogP contribution in [-0.2, 0) is 0 Å². The van der Waals surface area contributed by atoms with E-state index in [1.807, 2.05) is 0 Å². The number of hydrogen-bond acceptors (Lipinski definition) is 6. The van der Waals surface area contributed by atoms with Crippen LogP contribution in [0.1, 0.15) is 0 Å². The Hall–Kier alpha value is -2.83. The zero-order valence-electron chi connectivity index (χ0n) is 9.62. The molecule has 7 heteroatoms. The van der Waals surface area contributed by atoms with E-state index in [0.29, 0.717) is 17.1 Å². The van der Waals surface area contributed by atoms with Crippen LogP contribution in [0.3, 0.4) is 0 Å². The average Bonchev–Trinajstić information content (AvgIpc) is 2.93. The van der Waals surface area contributed by atoms with Crippen LogP contribution in [0.4, 0.5) is 10.1 Å². The Bertz CT molecular complexity index is 713. The summed E-state index contributed by atoms with van der Waals surface area (Å²) in [7, 11) is 0. The van der Waals surface area contributed by atoms with Gasteiger partial charge in [0.15, 0.2) is 0 Å². The summed E-state index contributed by atoms with van der Waals surface area (Å²) in [6.45, 7) is 0. The van der Waals surface area contributed by atoms with E-state index >= 15 is 0 Å². The molecule has 0 aliphatic heterocycles. The zero-order chi connectivity index (χ0) is 13.2. The van der Waals surface area contributed by atoms with Crippen molar-refractivity contribution in [3.05, 3.63) is 42.6 Å². The van der Waals surface area contributed by atoms with E-state index in [-0.39, 0.29) is 11.6 Å². The first-order chi connectivity index (χ1) is 9.24. The molecule has 3 aromatic rings. The van der Waals surface area contributed by atoms with Crippen LogP contribution in [-0.4, -0.2) is 20.1 Å². The molecule has 2 N–H and O–H groups in total. The van der Waals surface area contributed by atoms with Crippen LogP contribution in [0.15, 0.2) is 41.3 Å². The number of rotatable bonds is 2. The Labute approximate surface area is 107 Å². The van der Waals surface area contributed by atoms with Gasteiger partial charge in [0.05, 0.1) is 5.69 Å². The van der Waals surface area contributed by atoms with Crippen LogP contribution >= 0.6 is 0 Å². The van der Waals surface area contributed by atoms with Crippen molar-refractivity contribution in [1.29, 1.82) is 0 Å². The molecule has 0 aliphatic rings. The molecule has 0 amide bonds. The van der Waals surface area contributed by atoms with Crippen LogP contribution in [0.2, 0.25) is 0 Å². The van der Waals surface area contributed by atoms with Crippen LogP contribution < -0.4 is 5.73 Å². The molecule has 0 atom stereocenters. The quantitative estimate of drug-likeness (QED) is 0.705. The van der Waals surface area contributed by atoms with Crippen molar-refractivity contribution in [1.82, 2.24) is 20.1 Å². The minimum atomic E-state index is -0.528. The highest BCUT2D eigenvalue weighted by Gasteiger charge is 2.12. The largest absolute Gasteiger partial charge is 0.396 e. The van der Waals surface area contributed by atoms with Crippen molar-refractivity contribution < 1.29 is 8.91 Å². The highest BCUT2D eigenvalue weighted by molar-refractivity contribution is 5.60. The second-order valence-electron chi connectivity index (χ2n) is 3.75. The Morgan fingerprint density at radius 2 is 2.11 bits per heavy atom. The molecule has 0 aliphatic carbocycles. The SMILES string of the molecule is Nc1ccc(-c2nc(-c3ccncn3)no2)cc1F. The third-order valence-electron chi connectivity index (χ3n) is 2.48. The summed E-state index contributed by atoms with van der Waals surface area (Å²) < 4.78 is 18.4. The van der Waals surface area contributed by atoms with Crippen LogP contribution in [0.5, 0.6) is 0 Å². The molecule has 0 fully saturated rings. The van der Waals surface area contributed by atoms with Gasteiger partial charge in [0.1, 0.15) is 17.8 Å². The van der Waals surface area contributed by atoms with Crippen molar-refractivity contribution in [3.63, 3.8) is 0 Å². The van der Waals surface area contributed by atoms with Gasteiger partial charge in [0.25, 0.3) is 5.89 Å². The molecule has 0 bridgehead atoms. The van der Waals surface area contributed by atoms with Gasteiger partial charge in [-0.2, -0.15) is 4.98 Å². The maximum Gasteiger partial charge on any atom is 0.258 e. The lowest BCUT2D eigenvalue weighted by Crippen LogP contribution is -1.90. The molecule has 0 spiro atoms. The smallest absolute Gasteiger partial charge is 0.258 e. The number of hydrogen-bond donors (Lipinski definition) is 1. The topological polar surface area (TPSA) is 90.7 Å². The fourth-order valence-electron chi connectivity index (χ4n) is 1.53. The fourth-order valence-corrected chi connectivity index (χ4v) is 1.53. The molecule has 94 valence electrons. The predicted octanol–water partition coefficient (Wildman–Crippen LogP) is 1.91. The fraction of sp³-hybridized carbons (Fsp3) is 0. The van der Waals surface area contributed by atoms with Crippen molar-refractivity contribution in [2.75, 3.05) is 5.73 Å². The first kappa shape index (κ1) is 11.3. The maximum atomic E-state index is 13.4. The summed E-state index contributed by atoms with van der Waals surface area (Å²) in [6, 6.07) is 5.94. The molecule has 3 rings (SSSR count). The van der Waals surface area contributed by atoms with E-state index in [2.05, 4.69) is 20.1 Å². The number of nitrogens with zero attached hydrogens (tertiary/aromatic N) is 4. The molecule has 0 saturated heterocycles. The summed E-state index contributed by atoms with van der Waals surface area (Å²) in [6.07, 6.45) is 2.95. The lowest BCUT2D eigenvalue weighted by atomic mass is 10.2. The molecule has 19 heavy (non-hydrogen) atoms. The molecule has 6 nitrogen and oxygen atoms in total. The predicted molar refractivity (Wildman–Crippen MR) is 65.1 cm³/mol. The molecule has 2 aromatic heterocycles. The van der Waals surface area contributed by atoms with Crippen molar-refractivity contribution in [2.24, 2.45) is 0 Å². The van der Waals surface area contributed by atoms with Gasteiger partial charge in [-0.15, -0.1) is 0 Å². The minimum Gasteiger partial charge on any atom is -0.396 e. The van der Waals surface area contributed by atoms with E-state index < -0.39 is 5.82 Å². The third-order valence-corrected chi connectivity index (χ3v) is 2.48. The van der Waals surface area contributed by atoms with E-state index in [0.717, 1.165) is 0 Å². The van der Waals surface area contributed by atoms with Crippen LogP contribution in [0.25, 0.3) is 23.0 Å². The molecule has 2 heterocycles. The number of halogens is 1. The monoisotopic (exact) mass is 257 g/mol. The molecule has 0 unspecified atom stereocenters. The van der Waals surface area contributed by atoms with Crippen LogP contribution in [0, 0.1) is 5.82 Å². The highest BCUT2D eigenvalue weighted by Crippen LogP contribution is 2.23. The summed E-state index contributed by atoms with van der Waals surface area (Å²) in [4.78, 5) is 11.9. The number of benzene rings is 1. The van der Waals surface area contributed by atoms with Gasteiger partial charge in [-0.05, 0) is 24.3 Å². The van der Waals surface area contributed by atoms with Crippen molar-refractivity contribution >= 4 is 5.69 Å². The molecule has 0 saturated carbocycles. The first-order valence-corrected chi connectivity index (χ1v) is 5.39. The second-order valence-corrected chi connectivity index (χ2v) is 3.75. The van der Waals surface area contributed by atoms with E-state index in [4.69, 9.17) is 10.3 Å². The van der Waals surface area contributed by atoms with E-state index in [1.54, 1.807) is 18.3 Å². The van der Waals surface area contributed by atoms with E-state index in [1.165, 1.54) is 18.5 Å². The molecular weight excluding hydrogens is 249 g/mol. The summed E-state index contributed by atoms with van der Waals surface area (Å²) in [5, 5.41) is 3.78. The number of aromatic nitrogens is 4. The van der Waals surface area contributed by atoms with Gasteiger partial charge in [-0.1, -0.05) is 5.16 Å². The molecule has 1 aromatic carbocycles. The zero-order valence-corrected chi connectivity index (χ0v) is 9.62. The normalized spacial score (nSPS) is 10.6. The van der Waals surface area contributed by atoms with Crippen molar-refractivity contribution in [3.8, 4) is 23.0 Å². The van der Waals surface area contributed by atoms with Gasteiger partial charge >= 0.3 is 0 Å². The average molecular weight is 257 g/mol. The van der Waals surface area contributed by atoms with Gasteiger partial charge in [-0.25, -0.2) is 14.4 Å². The number of nitrogen functional groups attached to an aromatic ring is 1. The lowest BCUT2D eigenvalue weighted by molar-refractivity contribution is 0.432. The Balaban J connectivity index is 1.99. The van der Waals surface area contributed by atoms with Gasteiger partial charge in [0, 0.05) is 11.8 Å². The third kappa shape index (κ3) is 2.13. The first-order valence-electron chi connectivity index (χ1n) is 5.39. The van der Waals surface area contributed by atoms with Gasteiger partial charge < -0.3 is 10.3 Å². The Morgan fingerprint density at radius 1 is 1.21 bits per heavy atom. The summed E-state index contributed by atoms with van der Waals surface area (Å²) >= 11 is 0. The summed E-state index contributed by atoms with van der Waals surface area (Å²) in [5.41, 5.74) is 6.46. The van der Waals surface area contributed by atoms with Crippen molar-refractivity contribution in [2.45, 2.75) is 0 Å². The Morgan fingerprint density at radius 3 is 2.84 bits per heavy atom. The standard InChI is InChI=1S/C12H8FN5O/c13-8-5-7(1-2-9(8)14)12-17-11(18-19-12)10-3-4-15-6-16-10/h1-6H,14H2. The van der Waals surface area contributed by atoms with Gasteiger partial charge in [-0.3, -0.25) is 0 Å². The molecule has 0 radical (unpaired) electrons. The number of nitrogens with two attached hydrogens (primary N) is 1.